The van der Waals surface area contributed by atoms with Gasteiger partial charge in [-0.15, -0.1) is 0 Å². The molecule has 2 aromatic rings. The minimum atomic E-state index is 1.07. The molecule has 0 aliphatic heterocycles. The van der Waals surface area contributed by atoms with Crippen molar-refractivity contribution in [2.24, 2.45) is 0 Å². The molecule has 2 heteroatoms. The molecular formula is C14H24N2. The smallest absolute Gasteiger partial charge is 0.0926 e. The van der Waals surface area contributed by atoms with Crippen molar-refractivity contribution in [2.45, 2.75) is 48.5 Å². The Labute approximate surface area is 99.1 Å². The van der Waals surface area contributed by atoms with E-state index in [4.69, 9.17) is 0 Å². The van der Waals surface area contributed by atoms with Gasteiger partial charge in [-0.2, -0.15) is 5.10 Å². The van der Waals surface area contributed by atoms with Crippen LogP contribution in [0.25, 0.3) is 10.9 Å². The molecule has 0 aliphatic rings. The summed E-state index contributed by atoms with van der Waals surface area (Å²) >= 11 is 0. The molecule has 1 aromatic heterocycles. The molecule has 2 nitrogen and oxygen atoms in total. The molecule has 0 atom stereocenters. The van der Waals surface area contributed by atoms with Crippen LogP contribution in [0.15, 0.2) is 12.1 Å². The summed E-state index contributed by atoms with van der Waals surface area (Å²) in [5.74, 6) is 0. The molecule has 1 aromatic carbocycles. The fourth-order valence-electron chi connectivity index (χ4n) is 1.57. The zero-order valence-electron chi connectivity index (χ0n) is 11.6. The van der Waals surface area contributed by atoms with Crippen LogP contribution in [0.1, 0.15) is 44.5 Å². The van der Waals surface area contributed by atoms with Gasteiger partial charge in [-0.05, 0) is 38.0 Å². The van der Waals surface area contributed by atoms with E-state index in [2.05, 4.69) is 43.1 Å². The highest BCUT2D eigenvalue weighted by atomic mass is 15.1. The summed E-state index contributed by atoms with van der Waals surface area (Å²) < 4.78 is 0. The molecule has 16 heavy (non-hydrogen) atoms. The quantitative estimate of drug-likeness (QED) is 0.693. The van der Waals surface area contributed by atoms with Crippen LogP contribution in [0.2, 0.25) is 0 Å². The minimum Gasteiger partial charge on any atom is -0.282 e. The molecule has 90 valence electrons. The highest BCUT2D eigenvalue weighted by Gasteiger charge is 2.04. The van der Waals surface area contributed by atoms with Crippen LogP contribution < -0.4 is 0 Å². The molecule has 2 rings (SSSR count). The van der Waals surface area contributed by atoms with E-state index in [9.17, 15) is 0 Å². The monoisotopic (exact) mass is 220 g/mol. The van der Waals surface area contributed by atoms with Crippen molar-refractivity contribution in [3.05, 3.63) is 29.0 Å². The SMILES string of the molecule is CC.CC.Cc1ccc2n[nH]c(C)c2c1C. The lowest BCUT2D eigenvalue weighted by atomic mass is 10.0. The Morgan fingerprint density at radius 1 is 0.938 bits per heavy atom. The minimum absolute atomic E-state index is 1.07. The van der Waals surface area contributed by atoms with Crippen molar-refractivity contribution < 1.29 is 0 Å². The highest BCUT2D eigenvalue weighted by Crippen LogP contribution is 2.21. The Morgan fingerprint density at radius 3 is 2.06 bits per heavy atom. The Balaban J connectivity index is 0.000000509. The Kier molecular flexibility index (Phi) is 6.47. The third kappa shape index (κ3) is 2.84. The lowest BCUT2D eigenvalue weighted by Crippen LogP contribution is -1.82. The molecule has 1 N–H and O–H groups in total. The Morgan fingerprint density at radius 2 is 1.50 bits per heavy atom. The predicted molar refractivity (Wildman–Crippen MR) is 73.0 cm³/mol. The summed E-state index contributed by atoms with van der Waals surface area (Å²) in [6.07, 6.45) is 0. The number of nitrogens with zero attached hydrogens (tertiary/aromatic N) is 1. The zero-order chi connectivity index (χ0) is 12.7. The van der Waals surface area contributed by atoms with Gasteiger partial charge < -0.3 is 0 Å². The first-order chi connectivity index (χ1) is 7.70. The first-order valence-corrected chi connectivity index (χ1v) is 6.11. The lowest BCUT2D eigenvalue weighted by Gasteiger charge is -2.00. The number of nitrogens with one attached hydrogen (secondary N) is 1. The van der Waals surface area contributed by atoms with Gasteiger partial charge in [-0.25, -0.2) is 0 Å². The van der Waals surface area contributed by atoms with E-state index < -0.39 is 0 Å². The van der Waals surface area contributed by atoms with Crippen molar-refractivity contribution in [3.63, 3.8) is 0 Å². The first kappa shape index (κ1) is 14.7. The maximum absolute atomic E-state index is 4.20. The van der Waals surface area contributed by atoms with Crippen molar-refractivity contribution in [3.8, 4) is 0 Å². The number of aromatic nitrogens is 2. The van der Waals surface area contributed by atoms with E-state index in [1.807, 2.05) is 27.7 Å². The number of fused-ring (bicyclic) bond motifs is 1. The lowest BCUT2D eigenvalue weighted by molar-refractivity contribution is 1.07. The average Bonchev–Trinajstić information content (AvgIpc) is 2.72. The molecule has 0 spiro atoms. The van der Waals surface area contributed by atoms with Gasteiger partial charge in [0, 0.05) is 11.1 Å². The fourth-order valence-corrected chi connectivity index (χ4v) is 1.57. The van der Waals surface area contributed by atoms with E-state index >= 15 is 0 Å². The standard InChI is InChI=1S/C10H12N2.2C2H6/c1-6-4-5-9-10(7(6)2)8(3)11-12-9;2*1-2/h4-5H,1-3H3,(H,11,12);2*1-2H3. The van der Waals surface area contributed by atoms with Crippen molar-refractivity contribution in [1.82, 2.24) is 10.2 Å². The van der Waals surface area contributed by atoms with Crippen LogP contribution in [0.5, 0.6) is 0 Å². The number of hydrogen-bond donors (Lipinski definition) is 1. The zero-order valence-corrected chi connectivity index (χ0v) is 11.6. The summed E-state index contributed by atoms with van der Waals surface area (Å²) in [4.78, 5) is 0. The third-order valence-corrected chi connectivity index (χ3v) is 2.43. The Hall–Kier alpha value is -1.31. The molecule has 0 amide bonds. The third-order valence-electron chi connectivity index (χ3n) is 2.43. The van der Waals surface area contributed by atoms with Crippen LogP contribution in [0, 0.1) is 20.8 Å². The summed E-state index contributed by atoms with van der Waals surface area (Å²) in [6.45, 7) is 14.3. The maximum Gasteiger partial charge on any atom is 0.0926 e. The van der Waals surface area contributed by atoms with Gasteiger partial charge in [0.2, 0.25) is 0 Å². The van der Waals surface area contributed by atoms with E-state index in [0.29, 0.717) is 0 Å². The second-order valence-electron chi connectivity index (χ2n) is 3.25. The molecule has 0 aliphatic carbocycles. The maximum atomic E-state index is 4.20. The average molecular weight is 220 g/mol. The van der Waals surface area contributed by atoms with E-state index in [-0.39, 0.29) is 0 Å². The molecule has 0 saturated carbocycles. The molecule has 0 saturated heterocycles. The van der Waals surface area contributed by atoms with E-state index in [0.717, 1.165) is 11.2 Å². The summed E-state index contributed by atoms with van der Waals surface area (Å²) in [7, 11) is 0. The van der Waals surface area contributed by atoms with Gasteiger partial charge >= 0.3 is 0 Å². The van der Waals surface area contributed by atoms with Crippen molar-refractivity contribution in [2.75, 3.05) is 0 Å². The van der Waals surface area contributed by atoms with Crippen LogP contribution in [-0.4, -0.2) is 10.2 Å². The summed E-state index contributed by atoms with van der Waals surface area (Å²) in [5.41, 5.74) is 4.88. The van der Waals surface area contributed by atoms with Crippen LogP contribution >= 0.6 is 0 Å². The number of rotatable bonds is 0. The fraction of sp³-hybridized carbons (Fsp3) is 0.500. The molecule has 0 unspecified atom stereocenters. The van der Waals surface area contributed by atoms with Crippen LogP contribution in [0.3, 0.4) is 0 Å². The number of aryl methyl sites for hydroxylation is 3. The van der Waals surface area contributed by atoms with Crippen molar-refractivity contribution >= 4 is 10.9 Å². The Bertz CT molecular complexity index is 427. The molecule has 0 fully saturated rings. The van der Waals surface area contributed by atoms with Gasteiger partial charge in [0.1, 0.15) is 0 Å². The summed E-state index contributed by atoms with van der Waals surface area (Å²) in [5, 5.41) is 8.46. The van der Waals surface area contributed by atoms with Gasteiger partial charge in [0.15, 0.2) is 0 Å². The topological polar surface area (TPSA) is 28.7 Å². The number of aromatic amines is 1. The van der Waals surface area contributed by atoms with Gasteiger partial charge in [-0.3, -0.25) is 5.10 Å². The highest BCUT2D eigenvalue weighted by molar-refractivity contribution is 5.85. The second kappa shape index (κ2) is 7.04. The molecular weight excluding hydrogens is 196 g/mol. The van der Waals surface area contributed by atoms with Gasteiger partial charge in [0.25, 0.3) is 0 Å². The first-order valence-electron chi connectivity index (χ1n) is 6.11. The van der Waals surface area contributed by atoms with Gasteiger partial charge in [-0.1, -0.05) is 33.8 Å². The normalized spacial score (nSPS) is 8.94. The molecule has 0 radical (unpaired) electrons. The van der Waals surface area contributed by atoms with Crippen LogP contribution in [-0.2, 0) is 0 Å². The van der Waals surface area contributed by atoms with E-state index in [1.54, 1.807) is 0 Å². The van der Waals surface area contributed by atoms with Gasteiger partial charge in [0.05, 0.1) is 5.52 Å². The largest absolute Gasteiger partial charge is 0.282 e. The predicted octanol–water partition coefficient (Wildman–Crippen LogP) is 4.54. The number of benzene rings is 1. The van der Waals surface area contributed by atoms with Crippen molar-refractivity contribution in [1.29, 1.82) is 0 Å². The summed E-state index contributed by atoms with van der Waals surface area (Å²) in [6, 6.07) is 4.17. The van der Waals surface area contributed by atoms with Crippen LogP contribution in [0.4, 0.5) is 0 Å². The molecule has 1 heterocycles. The number of H-pyrrole nitrogens is 1. The number of hydrogen-bond acceptors (Lipinski definition) is 1. The van der Waals surface area contributed by atoms with E-state index in [1.165, 1.54) is 16.5 Å². The second-order valence-corrected chi connectivity index (χ2v) is 3.25. The molecule has 0 bridgehead atoms.